The van der Waals surface area contributed by atoms with Gasteiger partial charge >= 0.3 is 0 Å². The van der Waals surface area contributed by atoms with Crippen LogP contribution >= 0.6 is 0 Å². The molecule has 0 aromatic heterocycles. The zero-order chi connectivity index (χ0) is 13.5. The zero-order valence-electron chi connectivity index (χ0n) is 10.8. The van der Waals surface area contributed by atoms with E-state index >= 15 is 0 Å². The molecule has 2 rings (SSSR count). The number of ether oxygens (including phenoxy) is 1. The number of amides is 1. The van der Waals surface area contributed by atoms with Gasteiger partial charge in [-0.1, -0.05) is 24.1 Å². The second-order valence-electron chi connectivity index (χ2n) is 4.53. The Hall–Kier alpha value is -1.99. The minimum absolute atomic E-state index is 0.143. The molecule has 0 radical (unpaired) electrons. The first-order valence-corrected chi connectivity index (χ1v) is 6.44. The molecule has 1 aliphatic rings. The van der Waals surface area contributed by atoms with E-state index in [0.717, 1.165) is 24.3 Å². The molecule has 1 saturated heterocycles. The van der Waals surface area contributed by atoms with Crippen LogP contribution in [0, 0.1) is 12.3 Å². The monoisotopic (exact) mass is 258 g/mol. The second-order valence-corrected chi connectivity index (χ2v) is 4.53. The maximum atomic E-state index is 11.1. The van der Waals surface area contributed by atoms with Crippen molar-refractivity contribution >= 4 is 5.91 Å². The highest BCUT2D eigenvalue weighted by Crippen LogP contribution is 2.17. The third kappa shape index (κ3) is 4.01. The number of carbonyl (C=O) groups is 1. The molecular weight excluding hydrogens is 240 g/mol. The summed E-state index contributed by atoms with van der Waals surface area (Å²) in [5, 5.41) is 6.26. The molecule has 4 heteroatoms. The van der Waals surface area contributed by atoms with Crippen LogP contribution in [-0.2, 0) is 11.3 Å². The minimum atomic E-state index is 0.143. The number of hydrogen-bond donors (Lipinski definition) is 2. The molecule has 1 aromatic carbocycles. The van der Waals surface area contributed by atoms with Crippen LogP contribution in [0.15, 0.2) is 24.3 Å². The van der Waals surface area contributed by atoms with E-state index in [1.54, 1.807) is 0 Å². The summed E-state index contributed by atoms with van der Waals surface area (Å²) < 4.78 is 5.48. The molecule has 0 bridgehead atoms. The summed E-state index contributed by atoms with van der Waals surface area (Å²) in [7, 11) is 0. The summed E-state index contributed by atoms with van der Waals surface area (Å²) in [6, 6.07) is 8.05. The first kappa shape index (κ1) is 13.4. The summed E-state index contributed by atoms with van der Waals surface area (Å²) in [6.45, 7) is 1.75. The molecular formula is C15H18N2O2. The fraction of sp³-hybridized carbons (Fsp3) is 0.400. The number of para-hydroxylation sites is 1. The summed E-state index contributed by atoms with van der Waals surface area (Å²) in [5.74, 6) is 3.41. The molecule has 1 heterocycles. The van der Waals surface area contributed by atoms with Crippen molar-refractivity contribution in [3.63, 3.8) is 0 Å². The average molecular weight is 258 g/mol. The molecule has 1 amide bonds. The largest absolute Gasteiger partial charge is 0.481 e. The van der Waals surface area contributed by atoms with E-state index in [1.165, 1.54) is 0 Å². The van der Waals surface area contributed by atoms with Crippen LogP contribution in [0.5, 0.6) is 5.75 Å². The summed E-state index contributed by atoms with van der Waals surface area (Å²) in [4.78, 5) is 11.1. The van der Waals surface area contributed by atoms with Crippen molar-refractivity contribution in [1.82, 2.24) is 10.6 Å². The molecule has 1 aromatic rings. The number of benzene rings is 1. The highest BCUT2D eigenvalue weighted by molar-refractivity contribution is 5.78. The topological polar surface area (TPSA) is 50.4 Å². The molecule has 0 spiro atoms. The van der Waals surface area contributed by atoms with Gasteiger partial charge in [-0.3, -0.25) is 4.79 Å². The predicted molar refractivity (Wildman–Crippen MR) is 73.6 cm³/mol. The van der Waals surface area contributed by atoms with Crippen molar-refractivity contribution in [2.24, 2.45) is 0 Å². The van der Waals surface area contributed by atoms with Crippen molar-refractivity contribution in [1.29, 1.82) is 0 Å². The van der Waals surface area contributed by atoms with Crippen molar-refractivity contribution in [3.8, 4) is 18.1 Å². The summed E-state index contributed by atoms with van der Waals surface area (Å²) in [5.41, 5.74) is 1.07. The third-order valence-corrected chi connectivity index (χ3v) is 3.07. The first-order chi connectivity index (χ1) is 9.29. The lowest BCUT2D eigenvalue weighted by atomic mass is 10.2. The number of hydrogen-bond acceptors (Lipinski definition) is 3. The first-order valence-electron chi connectivity index (χ1n) is 6.44. The molecule has 0 saturated carbocycles. The number of rotatable bonds is 6. The van der Waals surface area contributed by atoms with Gasteiger partial charge in [-0.15, -0.1) is 6.42 Å². The summed E-state index contributed by atoms with van der Waals surface area (Å²) >= 11 is 0. The molecule has 100 valence electrons. The van der Waals surface area contributed by atoms with Gasteiger partial charge in [0.25, 0.3) is 0 Å². The van der Waals surface area contributed by atoms with Crippen LogP contribution in [-0.4, -0.2) is 25.1 Å². The van der Waals surface area contributed by atoms with Gasteiger partial charge in [-0.25, -0.2) is 0 Å². The lowest BCUT2D eigenvalue weighted by Crippen LogP contribution is -2.35. The molecule has 2 N–H and O–H groups in total. The maximum Gasteiger partial charge on any atom is 0.220 e. The van der Waals surface area contributed by atoms with Gasteiger partial charge in [0.05, 0.1) is 0 Å². The molecule has 1 atom stereocenters. The van der Waals surface area contributed by atoms with Crippen molar-refractivity contribution in [2.75, 3.05) is 13.2 Å². The normalized spacial score (nSPS) is 17.8. The maximum absolute atomic E-state index is 11.1. The molecule has 1 fully saturated rings. The molecule has 1 unspecified atom stereocenters. The van der Waals surface area contributed by atoms with E-state index < -0.39 is 0 Å². The van der Waals surface area contributed by atoms with Gasteiger partial charge in [0, 0.05) is 31.1 Å². The van der Waals surface area contributed by atoms with E-state index in [9.17, 15) is 4.79 Å². The van der Waals surface area contributed by atoms with Gasteiger partial charge in [0.2, 0.25) is 5.91 Å². The number of nitrogens with one attached hydrogen (secondary N) is 2. The summed E-state index contributed by atoms with van der Waals surface area (Å²) in [6.07, 6.45) is 6.73. The van der Waals surface area contributed by atoms with E-state index in [4.69, 9.17) is 11.2 Å². The minimum Gasteiger partial charge on any atom is -0.481 e. The van der Waals surface area contributed by atoms with Crippen molar-refractivity contribution in [2.45, 2.75) is 25.4 Å². The molecule has 4 nitrogen and oxygen atoms in total. The van der Waals surface area contributed by atoms with Gasteiger partial charge in [0.15, 0.2) is 0 Å². The van der Waals surface area contributed by atoms with Crippen molar-refractivity contribution < 1.29 is 9.53 Å². The second kappa shape index (κ2) is 6.81. The Bertz CT molecular complexity index is 479. The van der Waals surface area contributed by atoms with E-state index in [2.05, 4.69) is 16.6 Å². The Morgan fingerprint density at radius 3 is 3.05 bits per heavy atom. The van der Waals surface area contributed by atoms with Crippen LogP contribution in [0.3, 0.4) is 0 Å². The Kier molecular flexibility index (Phi) is 4.82. The van der Waals surface area contributed by atoms with Gasteiger partial charge < -0.3 is 15.4 Å². The van der Waals surface area contributed by atoms with Gasteiger partial charge in [0.1, 0.15) is 12.4 Å². The van der Waals surface area contributed by atoms with Crippen LogP contribution in [0.4, 0.5) is 0 Å². The van der Waals surface area contributed by atoms with Crippen LogP contribution in [0.25, 0.3) is 0 Å². The quantitative estimate of drug-likeness (QED) is 0.750. The van der Waals surface area contributed by atoms with Crippen LogP contribution < -0.4 is 15.4 Å². The smallest absolute Gasteiger partial charge is 0.220 e. The van der Waals surface area contributed by atoms with Crippen LogP contribution in [0.2, 0.25) is 0 Å². The van der Waals surface area contributed by atoms with Crippen LogP contribution in [0.1, 0.15) is 18.4 Å². The molecule has 1 aliphatic heterocycles. The van der Waals surface area contributed by atoms with Gasteiger partial charge in [-0.2, -0.15) is 0 Å². The SMILES string of the molecule is C#CCOc1ccccc1CNCC1CCC(=O)N1. The number of carbonyl (C=O) groups excluding carboxylic acids is 1. The predicted octanol–water partition coefficient (Wildman–Crippen LogP) is 1.07. The highest BCUT2D eigenvalue weighted by Gasteiger charge is 2.19. The molecule has 19 heavy (non-hydrogen) atoms. The lowest BCUT2D eigenvalue weighted by molar-refractivity contribution is -0.119. The fourth-order valence-electron chi connectivity index (χ4n) is 2.12. The Labute approximate surface area is 113 Å². The number of terminal acetylenes is 1. The Balaban J connectivity index is 1.82. The zero-order valence-corrected chi connectivity index (χ0v) is 10.8. The van der Waals surface area contributed by atoms with Crippen molar-refractivity contribution in [3.05, 3.63) is 29.8 Å². The Morgan fingerprint density at radius 2 is 2.32 bits per heavy atom. The standard InChI is InChI=1S/C15H18N2O2/c1-2-9-19-14-6-4-3-5-12(14)10-16-11-13-7-8-15(18)17-13/h1,3-6,13,16H,7-11H2,(H,17,18). The third-order valence-electron chi connectivity index (χ3n) is 3.07. The van der Waals surface area contributed by atoms with Gasteiger partial charge in [-0.05, 0) is 12.5 Å². The highest BCUT2D eigenvalue weighted by atomic mass is 16.5. The van der Waals surface area contributed by atoms with E-state index in [-0.39, 0.29) is 18.6 Å². The Morgan fingerprint density at radius 1 is 1.47 bits per heavy atom. The molecule has 0 aliphatic carbocycles. The average Bonchev–Trinajstić information content (AvgIpc) is 2.83. The lowest BCUT2D eigenvalue weighted by Gasteiger charge is -2.13. The van der Waals surface area contributed by atoms with E-state index in [1.807, 2.05) is 24.3 Å². The fourth-order valence-corrected chi connectivity index (χ4v) is 2.12. The van der Waals surface area contributed by atoms with E-state index in [0.29, 0.717) is 13.0 Å².